The highest BCUT2D eigenvalue weighted by Gasteiger charge is 2.04. The number of hydrogen-bond acceptors (Lipinski definition) is 4. The molecule has 0 aliphatic carbocycles. The Morgan fingerprint density at radius 1 is 1.17 bits per heavy atom. The maximum atomic E-state index is 11.3. The van der Waals surface area contributed by atoms with E-state index < -0.39 is 10.0 Å². The lowest BCUT2D eigenvalue weighted by Crippen LogP contribution is -2.39. The molecule has 0 aromatic heterocycles. The van der Waals surface area contributed by atoms with Gasteiger partial charge in [-0.3, -0.25) is 4.99 Å². The molecular weight excluding hydrogens is 368 g/mol. The minimum Gasteiger partial charge on any atom is -0.357 e. The van der Waals surface area contributed by atoms with Gasteiger partial charge in [-0.2, -0.15) is 0 Å². The third-order valence-electron chi connectivity index (χ3n) is 2.90. The van der Waals surface area contributed by atoms with E-state index in [1.165, 1.54) is 0 Å². The van der Waals surface area contributed by atoms with Gasteiger partial charge in [-0.25, -0.2) is 13.1 Å². The molecule has 24 heavy (non-hydrogen) atoms. The fourth-order valence-electron chi connectivity index (χ4n) is 1.68. The second kappa shape index (κ2) is 11.6. The first-order chi connectivity index (χ1) is 11.5. The first kappa shape index (κ1) is 21.1. The Labute approximate surface area is 153 Å². The highest BCUT2D eigenvalue weighted by molar-refractivity contribution is 7.99. The lowest BCUT2D eigenvalue weighted by atomic mass is 10.4. The Balaban J connectivity index is 2.31. The van der Waals surface area contributed by atoms with Crippen molar-refractivity contribution in [2.45, 2.75) is 18.7 Å². The van der Waals surface area contributed by atoms with Gasteiger partial charge in [0.05, 0.1) is 12.3 Å². The Morgan fingerprint density at radius 2 is 1.88 bits per heavy atom. The number of aliphatic imine (C=N–C) groups is 1. The van der Waals surface area contributed by atoms with E-state index in [9.17, 15) is 8.42 Å². The van der Waals surface area contributed by atoms with E-state index in [2.05, 4.69) is 20.3 Å². The van der Waals surface area contributed by atoms with E-state index in [1.807, 2.05) is 31.2 Å². The Bertz CT molecular complexity index is 606. The van der Waals surface area contributed by atoms with Crippen molar-refractivity contribution in [2.75, 3.05) is 37.7 Å². The van der Waals surface area contributed by atoms with Crippen molar-refractivity contribution in [3.8, 4) is 0 Å². The molecule has 1 rings (SSSR count). The maximum absolute atomic E-state index is 11.3. The summed E-state index contributed by atoms with van der Waals surface area (Å²) in [7, 11) is -3.16. The summed E-state index contributed by atoms with van der Waals surface area (Å²) in [4.78, 5) is 5.51. The summed E-state index contributed by atoms with van der Waals surface area (Å²) in [6.07, 6.45) is 0. The van der Waals surface area contributed by atoms with E-state index in [1.54, 1.807) is 18.7 Å². The molecule has 136 valence electrons. The molecule has 0 radical (unpaired) electrons. The lowest BCUT2D eigenvalue weighted by molar-refractivity contribution is 0.583. The van der Waals surface area contributed by atoms with Gasteiger partial charge >= 0.3 is 0 Å². The standard InChI is InChI=1S/C15H25ClN4O2S2/c1-3-17-15(18-9-10-20-24(21,22)4-2)19-11-12-23-14-7-5-13(16)6-8-14/h5-8,20H,3-4,9-12H2,1-2H3,(H2,17,18,19). The minimum absolute atomic E-state index is 0.0803. The molecule has 1 aromatic carbocycles. The molecule has 0 unspecified atom stereocenters. The highest BCUT2D eigenvalue weighted by atomic mass is 35.5. The van der Waals surface area contributed by atoms with Crippen LogP contribution in [0.4, 0.5) is 0 Å². The summed E-state index contributed by atoms with van der Waals surface area (Å²) in [5.41, 5.74) is 0. The number of rotatable bonds is 10. The Hall–Kier alpha value is -0.960. The number of guanidine groups is 1. The molecule has 0 amide bonds. The molecule has 0 fully saturated rings. The second-order valence-corrected chi connectivity index (χ2v) is 8.49. The predicted molar refractivity (Wildman–Crippen MR) is 104 cm³/mol. The van der Waals surface area contributed by atoms with Gasteiger partial charge < -0.3 is 10.6 Å². The van der Waals surface area contributed by atoms with Crippen molar-refractivity contribution in [3.05, 3.63) is 29.3 Å². The van der Waals surface area contributed by atoms with Crippen LogP contribution in [0.2, 0.25) is 5.02 Å². The van der Waals surface area contributed by atoms with Crippen LogP contribution < -0.4 is 15.4 Å². The number of nitrogens with zero attached hydrogens (tertiary/aromatic N) is 1. The van der Waals surface area contributed by atoms with Crippen LogP contribution in [0.25, 0.3) is 0 Å². The number of thioether (sulfide) groups is 1. The van der Waals surface area contributed by atoms with Crippen LogP contribution in [0.15, 0.2) is 34.2 Å². The topological polar surface area (TPSA) is 82.6 Å². The molecule has 0 spiro atoms. The number of sulfonamides is 1. The fraction of sp³-hybridized carbons (Fsp3) is 0.533. The largest absolute Gasteiger partial charge is 0.357 e. The van der Waals surface area contributed by atoms with Crippen LogP contribution in [0.5, 0.6) is 0 Å². The van der Waals surface area contributed by atoms with E-state index in [0.29, 0.717) is 19.0 Å². The zero-order chi connectivity index (χ0) is 17.8. The number of halogens is 1. The SMILES string of the molecule is CCNC(=NCCNS(=O)(=O)CC)NCCSc1ccc(Cl)cc1. The zero-order valence-electron chi connectivity index (χ0n) is 14.0. The average Bonchev–Trinajstić information content (AvgIpc) is 2.57. The zero-order valence-corrected chi connectivity index (χ0v) is 16.4. The van der Waals surface area contributed by atoms with Crippen LogP contribution in [0, 0.1) is 0 Å². The molecule has 3 N–H and O–H groups in total. The van der Waals surface area contributed by atoms with Crippen LogP contribution >= 0.6 is 23.4 Å². The first-order valence-corrected chi connectivity index (χ1v) is 10.9. The van der Waals surface area contributed by atoms with Crippen molar-refractivity contribution in [3.63, 3.8) is 0 Å². The summed E-state index contributed by atoms with van der Waals surface area (Å²) in [5, 5.41) is 7.10. The van der Waals surface area contributed by atoms with Gasteiger partial charge in [0, 0.05) is 35.3 Å². The van der Waals surface area contributed by atoms with Gasteiger partial charge in [-0.05, 0) is 38.1 Å². The molecule has 1 aromatic rings. The molecule has 0 aliphatic heterocycles. The van der Waals surface area contributed by atoms with E-state index >= 15 is 0 Å². The molecule has 0 bridgehead atoms. The lowest BCUT2D eigenvalue weighted by Gasteiger charge is -2.11. The molecule has 0 atom stereocenters. The highest BCUT2D eigenvalue weighted by Crippen LogP contribution is 2.19. The van der Waals surface area contributed by atoms with Crippen LogP contribution in [0.1, 0.15) is 13.8 Å². The normalized spacial score (nSPS) is 12.2. The number of hydrogen-bond donors (Lipinski definition) is 3. The molecule has 9 heteroatoms. The predicted octanol–water partition coefficient (Wildman–Crippen LogP) is 1.93. The molecular formula is C15H25ClN4O2S2. The summed E-state index contributed by atoms with van der Waals surface area (Å²) in [5.74, 6) is 1.65. The van der Waals surface area contributed by atoms with Crippen molar-refractivity contribution < 1.29 is 8.42 Å². The summed E-state index contributed by atoms with van der Waals surface area (Å²) in [6.45, 7) is 5.77. The molecule has 0 saturated heterocycles. The van der Waals surface area contributed by atoms with Crippen molar-refractivity contribution >= 4 is 39.3 Å². The van der Waals surface area contributed by atoms with E-state index in [0.717, 1.165) is 28.8 Å². The van der Waals surface area contributed by atoms with Crippen LogP contribution in [-0.4, -0.2) is 52.1 Å². The molecule has 0 aliphatic rings. The van der Waals surface area contributed by atoms with Crippen molar-refractivity contribution in [1.82, 2.24) is 15.4 Å². The van der Waals surface area contributed by atoms with E-state index in [4.69, 9.17) is 11.6 Å². The van der Waals surface area contributed by atoms with Crippen LogP contribution in [-0.2, 0) is 10.0 Å². The van der Waals surface area contributed by atoms with Crippen molar-refractivity contribution in [2.24, 2.45) is 4.99 Å². The third kappa shape index (κ3) is 9.36. The third-order valence-corrected chi connectivity index (χ3v) is 5.57. The number of benzene rings is 1. The van der Waals surface area contributed by atoms with Gasteiger partial charge in [0.2, 0.25) is 10.0 Å². The first-order valence-electron chi connectivity index (χ1n) is 7.84. The fourth-order valence-corrected chi connectivity index (χ4v) is 3.18. The van der Waals surface area contributed by atoms with Crippen molar-refractivity contribution in [1.29, 1.82) is 0 Å². The van der Waals surface area contributed by atoms with Gasteiger partial charge in [-0.15, -0.1) is 11.8 Å². The Kier molecular flexibility index (Phi) is 10.2. The maximum Gasteiger partial charge on any atom is 0.211 e. The summed E-state index contributed by atoms with van der Waals surface area (Å²) < 4.78 is 25.2. The quantitative estimate of drug-likeness (QED) is 0.245. The average molecular weight is 393 g/mol. The molecule has 0 saturated carbocycles. The molecule has 6 nitrogen and oxygen atoms in total. The summed E-state index contributed by atoms with van der Waals surface area (Å²) >= 11 is 7.59. The number of nitrogens with one attached hydrogen (secondary N) is 3. The summed E-state index contributed by atoms with van der Waals surface area (Å²) in [6, 6.07) is 7.73. The van der Waals surface area contributed by atoms with Gasteiger partial charge in [0.25, 0.3) is 0 Å². The van der Waals surface area contributed by atoms with Gasteiger partial charge in [-0.1, -0.05) is 11.6 Å². The second-order valence-electron chi connectivity index (χ2n) is 4.79. The van der Waals surface area contributed by atoms with Gasteiger partial charge in [0.1, 0.15) is 0 Å². The monoisotopic (exact) mass is 392 g/mol. The smallest absolute Gasteiger partial charge is 0.211 e. The Morgan fingerprint density at radius 3 is 2.50 bits per heavy atom. The van der Waals surface area contributed by atoms with Crippen LogP contribution in [0.3, 0.4) is 0 Å². The van der Waals surface area contributed by atoms with Gasteiger partial charge in [0.15, 0.2) is 5.96 Å². The minimum atomic E-state index is -3.16. The van der Waals surface area contributed by atoms with E-state index in [-0.39, 0.29) is 5.75 Å². The molecule has 0 heterocycles.